The summed E-state index contributed by atoms with van der Waals surface area (Å²) in [6.07, 6.45) is 5.14. The van der Waals surface area contributed by atoms with Crippen LogP contribution in [-0.4, -0.2) is 231 Å². The lowest BCUT2D eigenvalue weighted by atomic mass is 9.99. The van der Waals surface area contributed by atoms with E-state index >= 15 is 0 Å². The Bertz CT molecular complexity index is 4420. The van der Waals surface area contributed by atoms with Gasteiger partial charge in [-0.3, -0.25) is 73.8 Å². The van der Waals surface area contributed by atoms with E-state index in [0.29, 0.717) is 78.0 Å². The third-order valence-corrected chi connectivity index (χ3v) is 20.3. The van der Waals surface area contributed by atoms with Crippen LogP contribution in [-0.2, 0) is 33.6 Å². The summed E-state index contributed by atoms with van der Waals surface area (Å²) in [7, 11) is 1.65. The number of benzene rings is 6. The van der Waals surface area contributed by atoms with Crippen LogP contribution in [0.25, 0.3) is 0 Å². The molecule has 0 spiro atoms. The average molecular weight is 1750 g/mol. The average Bonchev–Trinajstić information content (AvgIpc) is 0.821. The molecule has 0 aliphatic carbocycles. The number of carbonyl (C=O) groups is 12. The molecule has 690 valence electrons. The van der Waals surface area contributed by atoms with Crippen LogP contribution in [0.3, 0.4) is 0 Å². The van der Waals surface area contributed by atoms with Gasteiger partial charge in [0.25, 0.3) is 35.4 Å². The fourth-order valence-corrected chi connectivity index (χ4v) is 13.8. The standard InChI is InChI=1S/C33H49N5O5.C32H47N5O5.C31H45N5O5/c1-6-9-17-38(36-31(41)23(4)5)22-29(39)28(18-24-13-11-10-12-14-24)35-32(42)26-19-25(30(34)40)20-27(21-26)33(43)37(15-7-2)16-8-3;1-6-14-36(15-7-2)32(42)26-19-24(29(33)39)18-25(20-26)31(41)34-27(17-23-12-10-9-11-13-23)28(38)21-37(16-8-3)35-30(40)22(4)5;1-6-13-36(14-7-2)31(41)25-18-23(29(32)39)17-24(19-25)30(40)33-26(16-22-11-9-8-10-12-22)27(37)20-35(5)34-28(38)15-21(3)4/h10-14,19-21,23,28-29,39H,6-9,15-18,22H2,1-5H3,(H2,34,40)(H,35,42)(H,36,41);9-13,18-20,22,27-28,38H,6-8,14-17,21H2,1-5H3,(H2,33,39)(H,34,41)(H,35,40);8-12,17-19,21,26-27,37H,6-7,13-16,20H2,1-5H3,(H2,32,39)(H,33,40)(H,34,38). The largest absolute Gasteiger partial charge is 0.390 e. The number of carbonyl (C=O) groups excluding carboxylic acids is 12. The molecule has 0 aliphatic heterocycles. The van der Waals surface area contributed by atoms with Crippen LogP contribution in [0.2, 0.25) is 0 Å². The third kappa shape index (κ3) is 37.5. The molecule has 6 rings (SSSR count). The number of hydrogen-bond donors (Lipinski definition) is 12. The molecular formula is C96H141N15O15. The van der Waals surface area contributed by atoms with Crippen LogP contribution in [0.1, 0.15) is 271 Å². The van der Waals surface area contributed by atoms with Crippen molar-refractivity contribution in [1.29, 1.82) is 0 Å². The second-order valence-corrected chi connectivity index (χ2v) is 32.9. The molecule has 30 heteroatoms. The summed E-state index contributed by atoms with van der Waals surface area (Å²) in [6, 6.07) is 38.7. The lowest BCUT2D eigenvalue weighted by Gasteiger charge is -2.31. The molecule has 6 unspecified atom stereocenters. The Morgan fingerprint density at radius 3 is 0.849 bits per heavy atom. The van der Waals surface area contributed by atoms with E-state index in [2.05, 4.69) is 32.2 Å². The summed E-state index contributed by atoms with van der Waals surface area (Å²) >= 11 is 0. The minimum absolute atomic E-state index is 0.0432. The van der Waals surface area contributed by atoms with Crippen molar-refractivity contribution in [2.45, 2.75) is 217 Å². The van der Waals surface area contributed by atoms with E-state index in [1.54, 1.807) is 59.5 Å². The van der Waals surface area contributed by atoms with Gasteiger partial charge in [0.2, 0.25) is 35.4 Å². The maximum Gasteiger partial charge on any atom is 0.253 e. The number of unbranched alkanes of at least 4 members (excludes halogenated alkanes) is 1. The minimum atomic E-state index is -1.06. The summed E-state index contributed by atoms with van der Waals surface area (Å²) in [5, 5.41) is 47.5. The van der Waals surface area contributed by atoms with Crippen molar-refractivity contribution in [3.63, 3.8) is 0 Å². The number of nitrogens with two attached hydrogens (primary N) is 3. The number of hydrazine groups is 3. The smallest absolute Gasteiger partial charge is 0.253 e. The van der Waals surface area contributed by atoms with Crippen LogP contribution in [0.5, 0.6) is 0 Å². The predicted molar refractivity (Wildman–Crippen MR) is 491 cm³/mol. The highest BCUT2D eigenvalue weighted by Gasteiger charge is 2.32. The Hall–Kier alpha value is -11.3. The number of likely N-dealkylation sites (N-methyl/N-ethyl adjacent to an activating group) is 1. The summed E-state index contributed by atoms with van der Waals surface area (Å²) in [6.45, 7) is 31.4. The number of amides is 12. The van der Waals surface area contributed by atoms with Crippen molar-refractivity contribution in [2.24, 2.45) is 35.0 Å². The van der Waals surface area contributed by atoms with E-state index in [4.69, 9.17) is 17.2 Å². The number of nitrogens with zero attached hydrogens (tertiary/aromatic N) is 6. The van der Waals surface area contributed by atoms with Gasteiger partial charge in [-0.15, -0.1) is 0 Å². The molecule has 0 radical (unpaired) electrons. The van der Waals surface area contributed by atoms with Crippen LogP contribution < -0.4 is 49.4 Å². The van der Waals surface area contributed by atoms with Gasteiger partial charge in [-0.25, -0.2) is 15.0 Å². The van der Waals surface area contributed by atoms with Gasteiger partial charge in [-0.2, -0.15) is 0 Å². The Morgan fingerprint density at radius 1 is 0.333 bits per heavy atom. The molecule has 0 fully saturated rings. The Morgan fingerprint density at radius 2 is 0.595 bits per heavy atom. The number of hydrogen-bond acceptors (Lipinski definition) is 18. The first-order valence-corrected chi connectivity index (χ1v) is 44.4. The van der Waals surface area contributed by atoms with E-state index in [1.807, 2.05) is 160 Å². The zero-order valence-electron chi connectivity index (χ0n) is 76.7. The second kappa shape index (κ2) is 56.6. The quantitative estimate of drug-likeness (QED) is 0.0158. The topological polar surface area (TPSA) is 435 Å². The number of aliphatic hydroxyl groups is 3. The number of rotatable bonds is 51. The van der Waals surface area contributed by atoms with Gasteiger partial charge in [0.15, 0.2) is 0 Å². The van der Waals surface area contributed by atoms with Gasteiger partial charge in [0.1, 0.15) is 0 Å². The molecule has 0 saturated heterocycles. The molecule has 12 amide bonds. The molecule has 6 aromatic carbocycles. The van der Waals surface area contributed by atoms with Crippen LogP contribution >= 0.6 is 0 Å². The summed E-state index contributed by atoms with van der Waals surface area (Å²) < 4.78 is 0. The molecule has 0 bridgehead atoms. The maximum absolute atomic E-state index is 13.7. The van der Waals surface area contributed by atoms with Crippen LogP contribution in [0.4, 0.5) is 0 Å². The molecule has 15 N–H and O–H groups in total. The first kappa shape index (κ1) is 107. The second-order valence-electron chi connectivity index (χ2n) is 32.9. The number of primary amides is 3. The number of nitrogens with one attached hydrogen (secondary N) is 6. The fraction of sp³-hybridized carbons (Fsp3) is 0.500. The minimum Gasteiger partial charge on any atom is -0.390 e. The van der Waals surface area contributed by atoms with Gasteiger partial charge in [-0.05, 0) is 148 Å². The SMILES string of the molecule is CCCCN(CC(O)C(Cc1ccccc1)NC(=O)c1cc(C(N)=O)cc(C(=O)N(CCC)CCC)c1)NC(=O)C(C)C.CCCN(CC(O)C(Cc1ccccc1)NC(=O)c1cc(C(N)=O)cc(C(=O)N(CCC)CCC)c1)NC(=O)C(C)C.CCCN(CCC)C(=O)c1cc(C(N)=O)cc(C(=O)NC(Cc2ccccc2)C(O)CN(C)NC(=O)CC(C)C)c1. The molecular weight excluding hydrogens is 1600 g/mol. The highest BCUT2D eigenvalue weighted by atomic mass is 16.3. The Labute approximate surface area is 745 Å². The molecule has 0 heterocycles. The highest BCUT2D eigenvalue weighted by molar-refractivity contribution is 6.07. The molecule has 0 aromatic heterocycles. The van der Waals surface area contributed by atoms with Crippen molar-refractivity contribution < 1.29 is 72.9 Å². The van der Waals surface area contributed by atoms with E-state index in [9.17, 15) is 72.9 Å². The van der Waals surface area contributed by atoms with Crippen molar-refractivity contribution in [3.8, 4) is 0 Å². The van der Waals surface area contributed by atoms with Crippen molar-refractivity contribution in [3.05, 3.63) is 212 Å². The first-order chi connectivity index (χ1) is 59.9. The van der Waals surface area contributed by atoms with Gasteiger partial charge < -0.3 is 63.2 Å². The van der Waals surface area contributed by atoms with Crippen molar-refractivity contribution in [1.82, 2.24) is 62.0 Å². The predicted octanol–water partition coefficient (Wildman–Crippen LogP) is 9.45. The summed E-state index contributed by atoms with van der Waals surface area (Å²) in [5.41, 5.74) is 28.8. The van der Waals surface area contributed by atoms with E-state index in [0.717, 1.165) is 74.5 Å². The van der Waals surface area contributed by atoms with Gasteiger partial charge in [0, 0.05) is 147 Å². The number of aliphatic hydroxyl groups excluding tert-OH is 3. The first-order valence-electron chi connectivity index (χ1n) is 44.4. The molecule has 30 nitrogen and oxygen atoms in total. The zero-order valence-corrected chi connectivity index (χ0v) is 76.7. The molecule has 6 aromatic rings. The van der Waals surface area contributed by atoms with Gasteiger partial charge in [0.05, 0.1) is 36.4 Å². The zero-order chi connectivity index (χ0) is 93.7. The lowest BCUT2D eigenvalue weighted by molar-refractivity contribution is -0.130. The third-order valence-electron chi connectivity index (χ3n) is 20.3. The van der Waals surface area contributed by atoms with Crippen molar-refractivity contribution in [2.75, 3.05) is 79.0 Å². The normalized spacial score (nSPS) is 12.6. The van der Waals surface area contributed by atoms with Gasteiger partial charge in [-0.1, -0.05) is 194 Å². The van der Waals surface area contributed by atoms with Crippen LogP contribution in [0.15, 0.2) is 146 Å². The monoisotopic (exact) mass is 1740 g/mol. The van der Waals surface area contributed by atoms with Crippen molar-refractivity contribution >= 4 is 70.9 Å². The molecule has 126 heavy (non-hydrogen) atoms. The fourth-order valence-electron chi connectivity index (χ4n) is 13.8. The molecule has 6 atom stereocenters. The Kier molecular flexibility index (Phi) is 48.1. The molecule has 0 saturated carbocycles. The molecule has 0 aliphatic rings. The Balaban J connectivity index is 0.000000396. The lowest BCUT2D eigenvalue weighted by Crippen LogP contribution is -2.54. The summed E-state index contributed by atoms with van der Waals surface area (Å²) in [5.74, 6) is -5.58. The highest BCUT2D eigenvalue weighted by Crippen LogP contribution is 2.22. The van der Waals surface area contributed by atoms with Gasteiger partial charge >= 0.3 is 0 Å². The maximum atomic E-state index is 13.7. The van der Waals surface area contributed by atoms with E-state index < -0.39 is 71.9 Å². The van der Waals surface area contributed by atoms with E-state index in [-0.39, 0.29) is 123 Å². The van der Waals surface area contributed by atoms with Crippen LogP contribution in [0, 0.1) is 17.8 Å². The summed E-state index contributed by atoms with van der Waals surface area (Å²) in [4.78, 5) is 159. The van der Waals surface area contributed by atoms with E-state index in [1.165, 1.54) is 59.6 Å².